The molecule has 17 heavy (non-hydrogen) atoms. The van der Waals surface area contributed by atoms with Crippen molar-refractivity contribution in [1.82, 2.24) is 9.80 Å². The summed E-state index contributed by atoms with van der Waals surface area (Å²) in [6.07, 6.45) is -4.55. The molecular weight excluding hydrogens is 251 g/mol. The van der Waals surface area contributed by atoms with Crippen LogP contribution in [-0.4, -0.2) is 60.2 Å². The summed E-state index contributed by atoms with van der Waals surface area (Å²) in [6, 6.07) is 0. The fourth-order valence-corrected chi connectivity index (χ4v) is 2.08. The number of piperazine rings is 1. The van der Waals surface area contributed by atoms with E-state index in [2.05, 4.69) is 9.80 Å². The second-order valence-corrected chi connectivity index (χ2v) is 4.83. The summed E-state index contributed by atoms with van der Waals surface area (Å²) in [5.41, 5.74) is 5.44. The molecule has 0 amide bonds. The van der Waals surface area contributed by atoms with E-state index in [1.165, 1.54) is 0 Å². The summed E-state index contributed by atoms with van der Waals surface area (Å²) in [5, 5.41) is 0. The summed E-state index contributed by atoms with van der Waals surface area (Å²) < 4.78 is 35.9. The van der Waals surface area contributed by atoms with Crippen molar-refractivity contribution in [2.24, 2.45) is 5.73 Å². The maximum atomic E-state index is 12.0. The lowest BCUT2D eigenvalue weighted by atomic mass is 10.2. The Morgan fingerprint density at radius 1 is 1.12 bits per heavy atom. The molecule has 7 heteroatoms. The van der Waals surface area contributed by atoms with Crippen molar-refractivity contribution in [3.63, 3.8) is 0 Å². The van der Waals surface area contributed by atoms with Crippen LogP contribution >= 0.6 is 12.2 Å². The largest absolute Gasteiger partial charge is 0.392 e. The van der Waals surface area contributed by atoms with Crippen molar-refractivity contribution < 1.29 is 13.2 Å². The van der Waals surface area contributed by atoms with E-state index < -0.39 is 12.6 Å². The molecule has 1 fully saturated rings. The summed E-state index contributed by atoms with van der Waals surface area (Å²) in [4.78, 5) is 4.65. The predicted octanol–water partition coefficient (Wildman–Crippen LogP) is 1.23. The number of nitrogens with zero attached hydrogens (tertiary/aromatic N) is 2. The fraction of sp³-hybridized carbons (Fsp3) is 0.900. The van der Waals surface area contributed by atoms with Gasteiger partial charge in [0.2, 0.25) is 0 Å². The first-order chi connectivity index (χ1) is 7.87. The van der Waals surface area contributed by atoms with Gasteiger partial charge >= 0.3 is 6.18 Å². The van der Waals surface area contributed by atoms with E-state index >= 15 is 0 Å². The van der Waals surface area contributed by atoms with Crippen LogP contribution in [0.1, 0.15) is 12.8 Å². The molecule has 1 saturated heterocycles. The molecule has 1 aliphatic rings. The van der Waals surface area contributed by atoms with Crippen molar-refractivity contribution in [2.75, 3.05) is 39.3 Å². The molecule has 0 atom stereocenters. The Kier molecular flexibility index (Phi) is 5.61. The van der Waals surface area contributed by atoms with E-state index in [1.54, 1.807) is 0 Å². The highest BCUT2D eigenvalue weighted by Crippen LogP contribution is 2.21. The summed E-state index contributed by atoms with van der Waals surface area (Å²) >= 11 is 4.81. The van der Waals surface area contributed by atoms with Gasteiger partial charge in [0, 0.05) is 39.1 Å². The third-order valence-corrected chi connectivity index (χ3v) is 2.91. The molecule has 0 saturated carbocycles. The molecule has 0 aromatic rings. The van der Waals surface area contributed by atoms with Crippen molar-refractivity contribution in [3.05, 3.63) is 0 Å². The van der Waals surface area contributed by atoms with E-state index in [4.69, 9.17) is 18.0 Å². The molecule has 0 unspecified atom stereocenters. The molecule has 1 rings (SSSR count). The van der Waals surface area contributed by atoms with Gasteiger partial charge < -0.3 is 10.6 Å². The molecule has 100 valence electrons. The standard InChI is InChI=1S/C10H18F3N3S/c11-10(12,13)2-1-3-15-4-6-16(7-5-15)8-9(14)17/h1-8H2,(H2,14,17). The van der Waals surface area contributed by atoms with Crippen LogP contribution in [0.5, 0.6) is 0 Å². The van der Waals surface area contributed by atoms with Crippen LogP contribution in [-0.2, 0) is 0 Å². The minimum atomic E-state index is -4.03. The highest BCUT2D eigenvalue weighted by Gasteiger charge is 2.27. The number of rotatable bonds is 5. The summed E-state index contributed by atoms with van der Waals surface area (Å²) in [7, 11) is 0. The third-order valence-electron chi connectivity index (χ3n) is 2.78. The second-order valence-electron chi connectivity index (χ2n) is 4.30. The van der Waals surface area contributed by atoms with Crippen LogP contribution in [0.4, 0.5) is 13.2 Å². The quantitative estimate of drug-likeness (QED) is 0.761. The van der Waals surface area contributed by atoms with Crippen LogP contribution in [0, 0.1) is 0 Å². The molecule has 2 N–H and O–H groups in total. The first-order valence-electron chi connectivity index (χ1n) is 5.66. The molecular formula is C10H18F3N3S. The lowest BCUT2D eigenvalue weighted by molar-refractivity contribution is -0.136. The first kappa shape index (κ1) is 14.7. The summed E-state index contributed by atoms with van der Waals surface area (Å²) in [5.74, 6) is 0. The van der Waals surface area contributed by atoms with Crippen LogP contribution < -0.4 is 5.73 Å². The van der Waals surface area contributed by atoms with Gasteiger partial charge in [0.15, 0.2) is 0 Å². The Morgan fingerprint density at radius 3 is 2.12 bits per heavy atom. The van der Waals surface area contributed by atoms with Gasteiger partial charge in [0.25, 0.3) is 0 Å². The maximum absolute atomic E-state index is 12.0. The fourth-order valence-electron chi connectivity index (χ4n) is 1.89. The highest BCUT2D eigenvalue weighted by atomic mass is 32.1. The molecule has 0 radical (unpaired) electrons. The molecule has 3 nitrogen and oxygen atoms in total. The van der Waals surface area contributed by atoms with Gasteiger partial charge in [-0.3, -0.25) is 4.90 Å². The topological polar surface area (TPSA) is 32.5 Å². The van der Waals surface area contributed by atoms with Crippen LogP contribution in [0.15, 0.2) is 0 Å². The Bertz CT molecular complexity index is 250. The van der Waals surface area contributed by atoms with Gasteiger partial charge in [-0.25, -0.2) is 0 Å². The van der Waals surface area contributed by atoms with E-state index in [1.807, 2.05) is 0 Å². The van der Waals surface area contributed by atoms with Crippen LogP contribution in [0.25, 0.3) is 0 Å². The molecule has 0 aliphatic carbocycles. The molecule has 0 spiro atoms. The normalized spacial score (nSPS) is 19.5. The van der Waals surface area contributed by atoms with Crippen molar-refractivity contribution in [3.8, 4) is 0 Å². The number of hydrogen-bond acceptors (Lipinski definition) is 3. The first-order valence-corrected chi connectivity index (χ1v) is 6.07. The van der Waals surface area contributed by atoms with Gasteiger partial charge in [-0.15, -0.1) is 0 Å². The Balaban J connectivity index is 2.13. The highest BCUT2D eigenvalue weighted by molar-refractivity contribution is 7.80. The number of nitrogens with two attached hydrogens (primary N) is 1. The average Bonchev–Trinajstić information content (AvgIpc) is 2.18. The van der Waals surface area contributed by atoms with Gasteiger partial charge in [-0.05, 0) is 13.0 Å². The maximum Gasteiger partial charge on any atom is 0.389 e. The van der Waals surface area contributed by atoms with Crippen LogP contribution in [0.2, 0.25) is 0 Å². The molecule has 1 aliphatic heterocycles. The van der Waals surface area contributed by atoms with Gasteiger partial charge in [0.1, 0.15) is 0 Å². The van der Waals surface area contributed by atoms with Gasteiger partial charge in [-0.2, -0.15) is 13.2 Å². The van der Waals surface area contributed by atoms with E-state index in [0.717, 1.165) is 26.2 Å². The third kappa shape index (κ3) is 6.80. The number of hydrogen-bond donors (Lipinski definition) is 1. The van der Waals surface area contributed by atoms with E-state index in [9.17, 15) is 13.2 Å². The minimum absolute atomic E-state index is 0.179. The monoisotopic (exact) mass is 269 g/mol. The zero-order valence-electron chi connectivity index (χ0n) is 9.67. The molecule has 0 aromatic heterocycles. The number of halogens is 3. The van der Waals surface area contributed by atoms with Crippen LogP contribution in [0.3, 0.4) is 0 Å². The van der Waals surface area contributed by atoms with Crippen molar-refractivity contribution in [2.45, 2.75) is 19.0 Å². The lowest BCUT2D eigenvalue weighted by Gasteiger charge is -2.34. The van der Waals surface area contributed by atoms with Crippen molar-refractivity contribution in [1.29, 1.82) is 0 Å². The Morgan fingerprint density at radius 2 is 1.65 bits per heavy atom. The zero-order valence-corrected chi connectivity index (χ0v) is 10.5. The Labute approximate surface area is 105 Å². The number of thiocarbonyl (C=S) groups is 1. The molecule has 0 bridgehead atoms. The average molecular weight is 269 g/mol. The van der Waals surface area contributed by atoms with E-state index in [0.29, 0.717) is 18.1 Å². The van der Waals surface area contributed by atoms with Gasteiger partial charge in [-0.1, -0.05) is 12.2 Å². The zero-order chi connectivity index (χ0) is 12.9. The summed E-state index contributed by atoms with van der Waals surface area (Å²) in [6.45, 7) is 4.35. The smallest absolute Gasteiger partial charge is 0.389 e. The predicted molar refractivity (Wildman–Crippen MR) is 65.0 cm³/mol. The van der Waals surface area contributed by atoms with E-state index in [-0.39, 0.29) is 6.42 Å². The second kappa shape index (κ2) is 6.51. The lowest BCUT2D eigenvalue weighted by Crippen LogP contribution is -2.48. The molecule has 1 heterocycles. The SMILES string of the molecule is NC(=S)CN1CCN(CCCC(F)(F)F)CC1. The van der Waals surface area contributed by atoms with Gasteiger partial charge in [0.05, 0.1) is 4.99 Å². The minimum Gasteiger partial charge on any atom is -0.392 e. The Hall–Kier alpha value is -0.400. The van der Waals surface area contributed by atoms with Crippen molar-refractivity contribution >= 4 is 17.2 Å². The number of alkyl halides is 3. The molecule has 0 aromatic carbocycles.